The first-order chi connectivity index (χ1) is 21.8. The van der Waals surface area contributed by atoms with Gasteiger partial charge < -0.3 is 30.4 Å². The summed E-state index contributed by atoms with van der Waals surface area (Å²) in [5, 5.41) is 28.9. The number of piperidine rings is 1. The van der Waals surface area contributed by atoms with Gasteiger partial charge in [-0.3, -0.25) is 9.59 Å². The Kier molecular flexibility index (Phi) is 8.59. The van der Waals surface area contributed by atoms with Crippen molar-refractivity contribution >= 4 is 35.0 Å². The molecule has 0 bridgehead atoms. The number of imide groups is 1. The number of aromatic carboxylic acids is 1. The van der Waals surface area contributed by atoms with Gasteiger partial charge in [0.05, 0.1) is 18.6 Å². The van der Waals surface area contributed by atoms with Gasteiger partial charge in [-0.15, -0.1) is 5.06 Å². The highest BCUT2D eigenvalue weighted by atomic mass is 16.7. The van der Waals surface area contributed by atoms with Crippen LogP contribution in [0.15, 0.2) is 59.3 Å². The smallest absolute Gasteiger partial charge is 0.336 e. The van der Waals surface area contributed by atoms with E-state index in [2.05, 4.69) is 22.8 Å². The van der Waals surface area contributed by atoms with Gasteiger partial charge in [-0.05, 0) is 85.1 Å². The molecule has 4 N–H and O–H groups in total. The fraction of sp³-hybridized carbons (Fsp3) is 0.353. The third-order valence-corrected chi connectivity index (χ3v) is 8.39. The van der Waals surface area contributed by atoms with Gasteiger partial charge in [0.1, 0.15) is 11.5 Å². The van der Waals surface area contributed by atoms with Crippen LogP contribution in [0.5, 0.6) is 11.5 Å². The summed E-state index contributed by atoms with van der Waals surface area (Å²) in [6, 6.07) is 8.39. The molecule has 2 amide bonds. The highest BCUT2D eigenvalue weighted by molar-refractivity contribution is 6.02. The highest BCUT2D eigenvalue weighted by Gasteiger charge is 2.32. The molecule has 45 heavy (non-hydrogen) atoms. The van der Waals surface area contributed by atoms with Crippen LogP contribution in [-0.4, -0.2) is 58.7 Å². The average molecular weight is 614 g/mol. The number of carbonyl (C=O) groups excluding carboxylic acids is 3. The van der Waals surface area contributed by atoms with Gasteiger partial charge in [-0.1, -0.05) is 12.2 Å². The summed E-state index contributed by atoms with van der Waals surface area (Å²) in [7, 11) is 0. The number of fused-ring (bicyclic) bond motifs is 2. The van der Waals surface area contributed by atoms with Crippen molar-refractivity contribution in [2.24, 2.45) is 0 Å². The van der Waals surface area contributed by atoms with Crippen LogP contribution < -0.4 is 15.4 Å². The van der Waals surface area contributed by atoms with Crippen molar-refractivity contribution in [1.82, 2.24) is 10.4 Å². The Morgan fingerprint density at radius 2 is 1.69 bits per heavy atom. The minimum absolute atomic E-state index is 0.0214. The van der Waals surface area contributed by atoms with Gasteiger partial charge in [0.25, 0.3) is 11.8 Å². The Hall–Kier alpha value is -5.06. The second kappa shape index (κ2) is 12.9. The van der Waals surface area contributed by atoms with Crippen LogP contribution in [0, 0.1) is 0 Å². The number of aryl methyl sites for hydroxylation is 1. The number of anilines is 1. The Morgan fingerprint density at radius 3 is 2.49 bits per heavy atom. The number of carboxylic acid groups (broad SMARTS) is 1. The standard InChI is InChI=1S/C34H35N3O8/c38-29-19-28-21(5-2-14-36-28)17-26(29)33(22-7-10-27-20(16-22)4-1-13-35-27)25-18-23(8-9-24(25)34(42)43)44-15-3-6-32(41)45-37-30(39)11-12-31(37)40/h8-10,16-19,35-36,38H,1-7,11-15H2,(H,42,43)/b33-22+. The zero-order chi connectivity index (χ0) is 31.5. The molecule has 1 aliphatic carbocycles. The van der Waals surface area contributed by atoms with Gasteiger partial charge >= 0.3 is 11.9 Å². The maximum absolute atomic E-state index is 12.5. The summed E-state index contributed by atoms with van der Waals surface area (Å²) in [5.41, 5.74) is 6.72. The molecule has 11 heteroatoms. The lowest BCUT2D eigenvalue weighted by Gasteiger charge is -2.27. The number of phenolic OH excluding ortho intramolecular Hbond substituents is 1. The Labute approximate surface area is 260 Å². The maximum atomic E-state index is 12.5. The molecule has 3 heterocycles. The van der Waals surface area contributed by atoms with E-state index in [-0.39, 0.29) is 43.6 Å². The second-order valence-electron chi connectivity index (χ2n) is 11.5. The first-order valence-corrected chi connectivity index (χ1v) is 15.3. The van der Waals surface area contributed by atoms with Crippen molar-refractivity contribution in [2.75, 3.05) is 25.0 Å². The fourth-order valence-electron chi connectivity index (χ4n) is 6.17. The molecule has 2 fully saturated rings. The van der Waals surface area contributed by atoms with Crippen molar-refractivity contribution in [2.45, 2.75) is 57.8 Å². The van der Waals surface area contributed by atoms with Crippen LogP contribution >= 0.6 is 0 Å². The summed E-state index contributed by atoms with van der Waals surface area (Å²) >= 11 is 0. The zero-order valence-electron chi connectivity index (χ0n) is 24.8. The molecule has 0 radical (unpaired) electrons. The monoisotopic (exact) mass is 613 g/mol. The number of carbonyl (C=O) groups is 4. The van der Waals surface area contributed by atoms with Gasteiger partial charge in [0.15, 0.2) is 0 Å². The summed E-state index contributed by atoms with van der Waals surface area (Å²) in [4.78, 5) is 53.1. The van der Waals surface area contributed by atoms with Crippen molar-refractivity contribution in [1.29, 1.82) is 0 Å². The molecular weight excluding hydrogens is 578 g/mol. The molecule has 0 aromatic heterocycles. The minimum atomic E-state index is -1.11. The van der Waals surface area contributed by atoms with Crippen LogP contribution in [-0.2, 0) is 25.6 Å². The van der Waals surface area contributed by atoms with E-state index in [4.69, 9.17) is 9.57 Å². The van der Waals surface area contributed by atoms with Crippen LogP contribution in [0.1, 0.15) is 78.4 Å². The van der Waals surface area contributed by atoms with E-state index in [1.807, 2.05) is 6.07 Å². The molecule has 4 aliphatic rings. The van der Waals surface area contributed by atoms with Gasteiger partial charge in [0, 0.05) is 54.5 Å². The average Bonchev–Trinajstić information content (AvgIpc) is 3.35. The van der Waals surface area contributed by atoms with Crippen molar-refractivity contribution in [3.63, 3.8) is 0 Å². The van der Waals surface area contributed by atoms with Gasteiger partial charge in [-0.25, -0.2) is 9.59 Å². The SMILES string of the molecule is O=C(CCCOc1ccc(C(=O)O)c(/C(=C2\C=C3CCCNC3=CC2)c2cc3c(cc2O)NCCC3)c1)ON1C(=O)CCC1=O. The molecule has 3 aliphatic heterocycles. The molecule has 234 valence electrons. The lowest BCUT2D eigenvalue weighted by Crippen LogP contribution is -2.32. The van der Waals surface area contributed by atoms with Crippen LogP contribution in [0.2, 0.25) is 0 Å². The first kappa shape index (κ1) is 30.0. The number of hydrogen-bond donors (Lipinski definition) is 4. The number of nitrogens with one attached hydrogen (secondary N) is 2. The quantitative estimate of drug-likeness (QED) is 0.233. The molecule has 2 aromatic rings. The number of amides is 2. The number of hydroxylamine groups is 2. The summed E-state index contributed by atoms with van der Waals surface area (Å²) in [6.45, 7) is 1.83. The number of phenols is 1. The summed E-state index contributed by atoms with van der Waals surface area (Å²) in [5.74, 6) is -2.46. The lowest BCUT2D eigenvalue weighted by atomic mass is 9.83. The summed E-state index contributed by atoms with van der Waals surface area (Å²) < 4.78 is 5.94. The second-order valence-corrected chi connectivity index (χ2v) is 11.5. The number of benzene rings is 2. The van der Waals surface area contributed by atoms with Gasteiger partial charge in [0.2, 0.25) is 0 Å². The van der Waals surface area contributed by atoms with Crippen LogP contribution in [0.4, 0.5) is 5.69 Å². The Balaban J connectivity index is 1.31. The summed E-state index contributed by atoms with van der Waals surface area (Å²) in [6.07, 6.45) is 8.64. The number of allylic oxidation sites excluding steroid dienone is 4. The molecule has 2 saturated heterocycles. The minimum Gasteiger partial charge on any atom is -0.507 e. The molecule has 11 nitrogen and oxygen atoms in total. The molecule has 6 rings (SSSR count). The van der Waals surface area contributed by atoms with Crippen molar-refractivity contribution < 1.29 is 39.0 Å². The topological polar surface area (TPSA) is 154 Å². The number of ether oxygens (including phenoxy) is 1. The molecule has 0 atom stereocenters. The van der Waals surface area contributed by atoms with Crippen molar-refractivity contribution in [3.05, 3.63) is 81.6 Å². The first-order valence-electron chi connectivity index (χ1n) is 15.3. The van der Waals surface area contributed by atoms with E-state index in [1.165, 1.54) is 6.07 Å². The van der Waals surface area contributed by atoms with Crippen molar-refractivity contribution in [3.8, 4) is 11.5 Å². The van der Waals surface area contributed by atoms with E-state index >= 15 is 0 Å². The number of nitrogens with zero attached hydrogens (tertiary/aromatic N) is 1. The third kappa shape index (κ3) is 6.43. The zero-order valence-corrected chi connectivity index (χ0v) is 24.8. The fourth-order valence-corrected chi connectivity index (χ4v) is 6.17. The lowest BCUT2D eigenvalue weighted by molar-refractivity contribution is -0.197. The number of carboxylic acids is 1. The highest BCUT2D eigenvalue weighted by Crippen LogP contribution is 2.43. The number of hydrogen-bond acceptors (Lipinski definition) is 9. The largest absolute Gasteiger partial charge is 0.507 e. The molecular formula is C34H35N3O8. The maximum Gasteiger partial charge on any atom is 0.336 e. The predicted molar refractivity (Wildman–Crippen MR) is 164 cm³/mol. The van der Waals surface area contributed by atoms with E-state index in [0.29, 0.717) is 33.9 Å². The Morgan fingerprint density at radius 1 is 0.911 bits per heavy atom. The van der Waals surface area contributed by atoms with Crippen LogP contribution in [0.3, 0.4) is 0 Å². The molecule has 2 aromatic carbocycles. The molecule has 0 unspecified atom stereocenters. The van der Waals surface area contributed by atoms with E-state index in [9.17, 15) is 29.4 Å². The third-order valence-electron chi connectivity index (χ3n) is 8.39. The van der Waals surface area contributed by atoms with Gasteiger partial charge in [-0.2, -0.15) is 0 Å². The van der Waals surface area contributed by atoms with E-state index < -0.39 is 23.8 Å². The van der Waals surface area contributed by atoms with E-state index in [0.717, 1.165) is 66.9 Å². The molecule has 0 saturated carbocycles. The predicted octanol–water partition coefficient (Wildman–Crippen LogP) is 4.61. The number of rotatable bonds is 9. The normalized spacial score (nSPS) is 18.5. The molecule has 0 spiro atoms. The van der Waals surface area contributed by atoms with E-state index in [1.54, 1.807) is 18.2 Å². The number of aromatic hydroxyl groups is 1. The Bertz CT molecular complexity index is 1660. The van der Waals surface area contributed by atoms with Crippen LogP contribution in [0.25, 0.3) is 5.57 Å².